The van der Waals surface area contributed by atoms with Crippen molar-refractivity contribution in [1.82, 2.24) is 4.98 Å². The number of benzene rings is 6. The Morgan fingerprint density at radius 1 is 0.449 bits per heavy atom. The summed E-state index contributed by atoms with van der Waals surface area (Å²) in [5, 5.41) is 0. The predicted octanol–water partition coefficient (Wildman–Crippen LogP) is 13.1. The molecule has 0 N–H and O–H groups in total. The normalized spacial score (nSPS) is 11.1. The second-order valence-corrected chi connectivity index (χ2v) is 13.1. The Bertz CT molecular complexity index is 2150. The zero-order valence-electron chi connectivity index (χ0n) is 28.4. The fraction of sp³-hybridized carbons (Fsp3) is 0.128. The van der Waals surface area contributed by atoms with E-state index >= 15 is 0 Å². The van der Waals surface area contributed by atoms with Crippen molar-refractivity contribution in [2.75, 3.05) is 0 Å². The maximum atomic E-state index is 4.62. The number of pyridine rings is 1. The summed E-state index contributed by atoms with van der Waals surface area (Å²) in [4.78, 5) is 4.62. The second kappa shape index (κ2) is 15.1. The zero-order valence-corrected chi connectivity index (χ0v) is 30.8. The molecule has 1 nitrogen and oxygen atoms in total. The molecule has 1 heterocycles. The molecule has 49 heavy (non-hydrogen) atoms. The molecule has 0 atom stereocenters. The van der Waals surface area contributed by atoms with Gasteiger partial charge in [-0.3, -0.25) is 0 Å². The van der Waals surface area contributed by atoms with Crippen LogP contribution < -0.4 is 0 Å². The van der Waals surface area contributed by atoms with E-state index in [9.17, 15) is 0 Å². The van der Waals surface area contributed by atoms with E-state index in [2.05, 4.69) is 166 Å². The topological polar surface area (TPSA) is 12.9 Å². The Hall–Kier alpha value is -4.88. The first kappa shape index (κ1) is 34.0. The van der Waals surface area contributed by atoms with Crippen LogP contribution >= 0.6 is 0 Å². The van der Waals surface area contributed by atoms with Crippen molar-refractivity contribution in [2.45, 2.75) is 39.5 Å². The molecule has 0 fully saturated rings. The van der Waals surface area contributed by atoms with E-state index in [-0.39, 0.29) is 20.1 Å². The van der Waals surface area contributed by atoms with Crippen molar-refractivity contribution in [3.8, 4) is 66.9 Å². The summed E-state index contributed by atoms with van der Waals surface area (Å²) < 4.78 is 0. The Labute approximate surface area is 305 Å². The van der Waals surface area contributed by atoms with E-state index in [0.717, 1.165) is 16.8 Å². The maximum Gasteiger partial charge on any atom is 0.0160 e. The van der Waals surface area contributed by atoms with Crippen LogP contribution in [0.4, 0.5) is 0 Å². The molecule has 0 saturated carbocycles. The summed E-state index contributed by atoms with van der Waals surface area (Å²) in [7, 11) is 0. The number of aromatic nitrogens is 1. The molecule has 7 rings (SSSR count). The minimum absolute atomic E-state index is 0. The molecule has 0 spiro atoms. The van der Waals surface area contributed by atoms with Gasteiger partial charge in [0.05, 0.1) is 0 Å². The Morgan fingerprint density at radius 2 is 1.00 bits per heavy atom. The van der Waals surface area contributed by atoms with Gasteiger partial charge in [0.15, 0.2) is 0 Å². The average molecular weight is 811 g/mol. The van der Waals surface area contributed by atoms with E-state index in [1.54, 1.807) is 0 Å². The van der Waals surface area contributed by atoms with Gasteiger partial charge in [0.2, 0.25) is 0 Å². The molecule has 7 aromatic rings. The molecule has 6 aromatic carbocycles. The van der Waals surface area contributed by atoms with Gasteiger partial charge in [-0.25, -0.2) is 0 Å². The summed E-state index contributed by atoms with van der Waals surface area (Å²) in [6.45, 7) is 9.21. The van der Waals surface area contributed by atoms with Crippen LogP contribution in [0.15, 0.2) is 158 Å². The SMILES string of the molecule is CC(C)c1cccc(C(C)C)c1-c1cc(-c2cccc(-c3cccc(-c4ccccc4)c3)c2)ccc1-c1cc[c-]c(-c2ccccn2)c1.[Ir]. The minimum atomic E-state index is 0. The average Bonchev–Trinajstić information content (AvgIpc) is 3.15. The van der Waals surface area contributed by atoms with Crippen molar-refractivity contribution in [3.05, 3.63) is 175 Å². The summed E-state index contributed by atoms with van der Waals surface area (Å²) in [6, 6.07) is 58.1. The third-order valence-electron chi connectivity index (χ3n) is 9.21. The first-order chi connectivity index (χ1) is 23.5. The van der Waals surface area contributed by atoms with Gasteiger partial charge in [0.1, 0.15) is 0 Å². The van der Waals surface area contributed by atoms with Gasteiger partial charge >= 0.3 is 0 Å². The molecule has 0 aliphatic carbocycles. The maximum absolute atomic E-state index is 4.62. The van der Waals surface area contributed by atoms with E-state index in [4.69, 9.17) is 0 Å². The van der Waals surface area contributed by atoms with Gasteiger partial charge in [-0.1, -0.05) is 137 Å². The van der Waals surface area contributed by atoms with Crippen LogP contribution in [0.1, 0.15) is 50.7 Å². The summed E-state index contributed by atoms with van der Waals surface area (Å²) in [5.74, 6) is 0.757. The number of hydrogen-bond donors (Lipinski definition) is 0. The van der Waals surface area contributed by atoms with Crippen LogP contribution in [-0.2, 0) is 20.1 Å². The van der Waals surface area contributed by atoms with Crippen molar-refractivity contribution in [1.29, 1.82) is 0 Å². The van der Waals surface area contributed by atoms with Gasteiger partial charge in [-0.05, 0) is 103 Å². The molecule has 1 radical (unpaired) electrons. The van der Waals surface area contributed by atoms with Crippen molar-refractivity contribution in [2.24, 2.45) is 0 Å². The van der Waals surface area contributed by atoms with Crippen LogP contribution in [0.2, 0.25) is 0 Å². The first-order valence-corrected chi connectivity index (χ1v) is 16.9. The standard InChI is InChI=1S/C47H40N.Ir/c1-32(2)42-22-13-23-43(33(3)4)47(42)45-31-39(25-26-44(45)40-20-12-21-41(30-40)46-24-8-9-27-48-46)38-19-11-18-37(29-38)36-17-10-16-35(28-36)34-14-6-5-7-15-34;/h5-20,22-33H,1-4H3;/q-1;. The van der Waals surface area contributed by atoms with Crippen LogP contribution in [0, 0.1) is 6.07 Å². The van der Waals surface area contributed by atoms with Crippen molar-refractivity contribution < 1.29 is 20.1 Å². The predicted molar refractivity (Wildman–Crippen MR) is 204 cm³/mol. The van der Waals surface area contributed by atoms with Crippen LogP contribution in [0.25, 0.3) is 66.9 Å². The fourth-order valence-electron chi connectivity index (χ4n) is 6.74. The first-order valence-electron chi connectivity index (χ1n) is 16.9. The van der Waals surface area contributed by atoms with Gasteiger partial charge in [-0.15, -0.1) is 35.4 Å². The molecule has 0 unspecified atom stereocenters. The molecular weight excluding hydrogens is 771 g/mol. The third kappa shape index (κ3) is 7.27. The molecule has 0 aliphatic heterocycles. The molecule has 0 amide bonds. The molecule has 2 heteroatoms. The summed E-state index contributed by atoms with van der Waals surface area (Å²) >= 11 is 0. The summed E-state index contributed by atoms with van der Waals surface area (Å²) in [6.07, 6.45) is 1.84. The molecule has 0 saturated heterocycles. The minimum Gasteiger partial charge on any atom is -0.305 e. The van der Waals surface area contributed by atoms with E-state index in [1.807, 2.05) is 30.5 Å². The molecule has 1 aromatic heterocycles. The zero-order chi connectivity index (χ0) is 33.0. The molecular formula is C47H40IrN-. The Balaban J connectivity index is 0.00000417. The van der Waals surface area contributed by atoms with Crippen molar-refractivity contribution in [3.63, 3.8) is 0 Å². The summed E-state index contributed by atoms with van der Waals surface area (Å²) in [5.41, 5.74) is 16.9. The number of hydrogen-bond acceptors (Lipinski definition) is 1. The van der Waals surface area contributed by atoms with Crippen LogP contribution in [0.5, 0.6) is 0 Å². The Kier molecular flexibility index (Phi) is 10.5. The second-order valence-electron chi connectivity index (χ2n) is 13.1. The van der Waals surface area contributed by atoms with E-state index in [0.29, 0.717) is 11.8 Å². The fourth-order valence-corrected chi connectivity index (χ4v) is 6.74. The quantitative estimate of drug-likeness (QED) is 0.139. The van der Waals surface area contributed by atoms with Crippen LogP contribution in [0.3, 0.4) is 0 Å². The van der Waals surface area contributed by atoms with Gasteiger partial charge in [0.25, 0.3) is 0 Å². The smallest absolute Gasteiger partial charge is 0.0160 e. The van der Waals surface area contributed by atoms with Crippen LogP contribution in [-0.4, -0.2) is 4.98 Å². The van der Waals surface area contributed by atoms with Crippen molar-refractivity contribution >= 4 is 0 Å². The van der Waals surface area contributed by atoms with Gasteiger partial charge in [0, 0.05) is 26.3 Å². The number of nitrogens with zero attached hydrogens (tertiary/aromatic N) is 1. The molecule has 0 bridgehead atoms. The number of rotatable bonds is 8. The largest absolute Gasteiger partial charge is 0.305 e. The van der Waals surface area contributed by atoms with Gasteiger partial charge in [-0.2, -0.15) is 0 Å². The van der Waals surface area contributed by atoms with E-state index in [1.165, 1.54) is 61.2 Å². The van der Waals surface area contributed by atoms with Gasteiger partial charge < -0.3 is 4.98 Å². The third-order valence-corrected chi connectivity index (χ3v) is 9.21. The van der Waals surface area contributed by atoms with E-state index < -0.39 is 0 Å². The molecule has 243 valence electrons. The monoisotopic (exact) mass is 811 g/mol. The Morgan fingerprint density at radius 3 is 1.59 bits per heavy atom. The molecule has 0 aliphatic rings.